The molecule has 128 valence electrons. The fourth-order valence-electron chi connectivity index (χ4n) is 2.94. The van der Waals surface area contributed by atoms with E-state index in [1.807, 2.05) is 24.4 Å². The van der Waals surface area contributed by atoms with Crippen molar-refractivity contribution in [3.63, 3.8) is 0 Å². The third-order valence-corrected chi connectivity index (χ3v) is 7.16. The fraction of sp³-hybridized carbons (Fsp3) is 0.353. The van der Waals surface area contributed by atoms with E-state index in [1.54, 1.807) is 41.7 Å². The molecule has 1 aliphatic rings. The van der Waals surface area contributed by atoms with E-state index in [0.29, 0.717) is 19.4 Å². The minimum absolute atomic E-state index is 0.126. The predicted molar refractivity (Wildman–Crippen MR) is 94.2 cm³/mol. The number of nitrogens with one attached hydrogen (secondary N) is 1. The van der Waals surface area contributed by atoms with Crippen molar-refractivity contribution in [3.05, 3.63) is 52.7 Å². The van der Waals surface area contributed by atoms with Crippen molar-refractivity contribution in [2.45, 2.75) is 36.7 Å². The van der Waals surface area contributed by atoms with Crippen LogP contribution in [0.1, 0.15) is 30.7 Å². The van der Waals surface area contributed by atoms with E-state index in [9.17, 15) is 13.2 Å². The molecule has 0 spiro atoms. The van der Waals surface area contributed by atoms with Gasteiger partial charge >= 0.3 is 0 Å². The molecule has 2 atom stereocenters. The van der Waals surface area contributed by atoms with Gasteiger partial charge in [-0.05, 0) is 43.3 Å². The lowest BCUT2D eigenvalue weighted by Gasteiger charge is -2.24. The second-order valence-corrected chi connectivity index (χ2v) is 8.70. The van der Waals surface area contributed by atoms with Crippen LogP contribution in [0.5, 0.6) is 0 Å². The highest BCUT2D eigenvalue weighted by Gasteiger charge is 2.39. The Balaban J connectivity index is 1.77. The molecule has 0 bridgehead atoms. The summed E-state index contributed by atoms with van der Waals surface area (Å²) in [6, 6.07) is 11.4. The van der Waals surface area contributed by atoms with Crippen LogP contribution >= 0.6 is 11.3 Å². The molecule has 0 saturated carbocycles. The Bertz CT molecular complexity index is 789. The van der Waals surface area contributed by atoms with Gasteiger partial charge < -0.3 is 5.32 Å². The lowest BCUT2D eigenvalue weighted by Crippen LogP contribution is -2.46. The second kappa shape index (κ2) is 7.04. The normalized spacial score (nSPS) is 20.0. The summed E-state index contributed by atoms with van der Waals surface area (Å²) in [4.78, 5) is 13.9. The Morgan fingerprint density at radius 2 is 2.00 bits per heavy atom. The number of carbonyl (C=O) groups excluding carboxylic acids is 1. The molecule has 2 heterocycles. The van der Waals surface area contributed by atoms with Gasteiger partial charge in [0.1, 0.15) is 6.04 Å². The van der Waals surface area contributed by atoms with Gasteiger partial charge in [0.2, 0.25) is 15.9 Å². The number of amides is 1. The number of carbonyl (C=O) groups is 1. The van der Waals surface area contributed by atoms with Crippen molar-refractivity contribution in [2.24, 2.45) is 0 Å². The first kappa shape index (κ1) is 17.1. The van der Waals surface area contributed by atoms with Crippen LogP contribution < -0.4 is 5.32 Å². The number of nitrogens with zero attached hydrogens (tertiary/aromatic N) is 1. The molecule has 0 aliphatic carbocycles. The third kappa shape index (κ3) is 3.38. The van der Waals surface area contributed by atoms with Crippen LogP contribution in [0.25, 0.3) is 0 Å². The number of thiophene rings is 1. The van der Waals surface area contributed by atoms with Crippen LogP contribution in [0.2, 0.25) is 0 Å². The number of hydrogen-bond donors (Lipinski definition) is 1. The van der Waals surface area contributed by atoms with Crippen LogP contribution in [0.15, 0.2) is 52.7 Å². The van der Waals surface area contributed by atoms with E-state index in [2.05, 4.69) is 5.32 Å². The van der Waals surface area contributed by atoms with Gasteiger partial charge in [-0.1, -0.05) is 24.3 Å². The summed E-state index contributed by atoms with van der Waals surface area (Å²) in [6.07, 6.45) is 1.24. The molecule has 24 heavy (non-hydrogen) atoms. The molecule has 5 nitrogen and oxygen atoms in total. The first-order valence-corrected chi connectivity index (χ1v) is 10.2. The van der Waals surface area contributed by atoms with Gasteiger partial charge in [0.05, 0.1) is 10.9 Å². The van der Waals surface area contributed by atoms with Crippen molar-refractivity contribution in [2.75, 3.05) is 6.54 Å². The van der Waals surface area contributed by atoms with E-state index in [1.165, 1.54) is 4.31 Å². The maximum atomic E-state index is 12.8. The Labute approximate surface area is 146 Å². The molecule has 0 radical (unpaired) electrons. The average Bonchev–Trinajstić information content (AvgIpc) is 3.27. The molecule has 2 unspecified atom stereocenters. The summed E-state index contributed by atoms with van der Waals surface area (Å²) in [5.74, 6) is -0.229. The molecule has 1 aliphatic heterocycles. The van der Waals surface area contributed by atoms with Gasteiger partial charge in [-0.25, -0.2) is 8.42 Å². The highest BCUT2D eigenvalue weighted by Crippen LogP contribution is 2.27. The van der Waals surface area contributed by atoms with E-state index < -0.39 is 16.1 Å². The smallest absolute Gasteiger partial charge is 0.243 e. The van der Waals surface area contributed by atoms with Crippen molar-refractivity contribution in [1.29, 1.82) is 0 Å². The number of sulfonamides is 1. The molecule has 1 saturated heterocycles. The molecule has 1 amide bonds. The first-order valence-electron chi connectivity index (χ1n) is 7.91. The molecule has 1 N–H and O–H groups in total. The largest absolute Gasteiger partial charge is 0.347 e. The summed E-state index contributed by atoms with van der Waals surface area (Å²) in [5.41, 5.74) is 0. The summed E-state index contributed by atoms with van der Waals surface area (Å²) < 4.78 is 27.0. The van der Waals surface area contributed by atoms with Crippen LogP contribution in [0.4, 0.5) is 0 Å². The van der Waals surface area contributed by atoms with Gasteiger partial charge in [-0.15, -0.1) is 11.3 Å². The topological polar surface area (TPSA) is 66.5 Å². The van der Waals surface area contributed by atoms with Gasteiger partial charge in [-0.3, -0.25) is 4.79 Å². The van der Waals surface area contributed by atoms with Crippen LogP contribution in [0.3, 0.4) is 0 Å². The van der Waals surface area contributed by atoms with E-state index in [0.717, 1.165) is 4.88 Å². The monoisotopic (exact) mass is 364 g/mol. The standard InChI is InChI=1S/C17H20N2O3S2/c1-13(16-10-6-12-23-16)18-17(20)15-9-5-11-19(15)24(21,22)14-7-3-2-4-8-14/h2-4,6-8,10,12-13,15H,5,9,11H2,1H3,(H,18,20). The second-order valence-electron chi connectivity index (χ2n) is 5.83. The van der Waals surface area contributed by atoms with Crippen molar-refractivity contribution < 1.29 is 13.2 Å². The van der Waals surface area contributed by atoms with E-state index in [4.69, 9.17) is 0 Å². The summed E-state index contributed by atoms with van der Waals surface area (Å²) in [5, 5.41) is 4.90. The highest BCUT2D eigenvalue weighted by atomic mass is 32.2. The Morgan fingerprint density at radius 1 is 1.25 bits per heavy atom. The molecule has 1 aromatic carbocycles. The van der Waals surface area contributed by atoms with Crippen molar-refractivity contribution in [1.82, 2.24) is 9.62 Å². The van der Waals surface area contributed by atoms with Crippen LogP contribution in [0, 0.1) is 0 Å². The van der Waals surface area contributed by atoms with Crippen molar-refractivity contribution in [3.8, 4) is 0 Å². The molecule has 1 fully saturated rings. The van der Waals surface area contributed by atoms with E-state index >= 15 is 0 Å². The molecule has 1 aromatic heterocycles. The number of rotatable bonds is 5. The van der Waals surface area contributed by atoms with Crippen LogP contribution in [-0.4, -0.2) is 31.2 Å². The molecule has 2 aromatic rings. The molecular formula is C17H20N2O3S2. The lowest BCUT2D eigenvalue weighted by molar-refractivity contribution is -0.124. The zero-order valence-electron chi connectivity index (χ0n) is 13.4. The fourth-order valence-corrected chi connectivity index (χ4v) is 5.35. The minimum atomic E-state index is -3.65. The van der Waals surface area contributed by atoms with Crippen molar-refractivity contribution >= 4 is 27.3 Å². The maximum absolute atomic E-state index is 12.8. The summed E-state index contributed by atoms with van der Waals surface area (Å²) in [7, 11) is -3.65. The Hall–Kier alpha value is -1.70. The highest BCUT2D eigenvalue weighted by molar-refractivity contribution is 7.89. The maximum Gasteiger partial charge on any atom is 0.243 e. The van der Waals surface area contributed by atoms with Gasteiger partial charge in [0.25, 0.3) is 0 Å². The lowest BCUT2D eigenvalue weighted by atomic mass is 10.2. The average molecular weight is 364 g/mol. The van der Waals surface area contributed by atoms with Gasteiger partial charge in [-0.2, -0.15) is 4.31 Å². The quantitative estimate of drug-likeness (QED) is 0.887. The first-order chi connectivity index (χ1) is 11.5. The molecular weight excluding hydrogens is 344 g/mol. The zero-order chi connectivity index (χ0) is 17.2. The third-order valence-electron chi connectivity index (χ3n) is 4.18. The summed E-state index contributed by atoms with van der Waals surface area (Å²) >= 11 is 1.57. The van der Waals surface area contributed by atoms with Gasteiger partial charge in [0, 0.05) is 11.4 Å². The SMILES string of the molecule is CC(NC(=O)C1CCCN1S(=O)(=O)c1ccccc1)c1cccs1. The number of benzene rings is 1. The summed E-state index contributed by atoms with van der Waals surface area (Å²) in [6.45, 7) is 2.29. The molecule has 7 heteroatoms. The Kier molecular flexibility index (Phi) is 5.03. The van der Waals surface area contributed by atoms with Crippen LogP contribution in [-0.2, 0) is 14.8 Å². The predicted octanol–water partition coefficient (Wildman–Crippen LogP) is 2.78. The van der Waals surface area contributed by atoms with E-state index in [-0.39, 0.29) is 16.8 Å². The number of hydrogen-bond acceptors (Lipinski definition) is 4. The van der Waals surface area contributed by atoms with Gasteiger partial charge in [0.15, 0.2) is 0 Å². The molecule has 3 rings (SSSR count). The zero-order valence-corrected chi connectivity index (χ0v) is 15.0. The Morgan fingerprint density at radius 3 is 2.67 bits per heavy atom. The minimum Gasteiger partial charge on any atom is -0.347 e.